The number of nitrogens with one attached hydrogen (secondary N) is 1. The number of hydrogen-bond acceptors (Lipinski definition) is 6. The van der Waals surface area contributed by atoms with Gasteiger partial charge in [0.2, 0.25) is 5.95 Å². The topological polar surface area (TPSA) is 67.3 Å². The van der Waals surface area contributed by atoms with Crippen LogP contribution in [0.3, 0.4) is 0 Å². The zero-order chi connectivity index (χ0) is 19.5. The molecular weight excluding hydrogens is 352 g/mol. The Hall–Kier alpha value is -3.41. The summed E-state index contributed by atoms with van der Waals surface area (Å²) in [6.07, 6.45) is 0.974. The molecule has 0 saturated heterocycles. The maximum atomic E-state index is 12.2. The maximum absolute atomic E-state index is 12.2. The van der Waals surface area contributed by atoms with Crippen molar-refractivity contribution in [3.05, 3.63) is 71.4 Å². The third-order valence-corrected chi connectivity index (χ3v) is 4.66. The minimum Gasteiger partial charge on any atom is -0.462 e. The van der Waals surface area contributed by atoms with Gasteiger partial charge in [0.1, 0.15) is 5.82 Å². The highest BCUT2D eigenvalue weighted by Crippen LogP contribution is 2.33. The molecule has 6 nitrogen and oxygen atoms in total. The highest BCUT2D eigenvalue weighted by Gasteiger charge is 2.22. The van der Waals surface area contributed by atoms with Crippen molar-refractivity contribution in [2.24, 2.45) is 0 Å². The Labute approximate surface area is 164 Å². The molecule has 4 rings (SSSR count). The first-order valence-corrected chi connectivity index (χ1v) is 9.40. The van der Waals surface area contributed by atoms with Gasteiger partial charge in [-0.3, -0.25) is 0 Å². The first kappa shape index (κ1) is 18.0. The molecule has 0 bridgehead atoms. The molecule has 6 heteroatoms. The van der Waals surface area contributed by atoms with E-state index in [2.05, 4.69) is 33.4 Å². The third kappa shape index (κ3) is 3.53. The van der Waals surface area contributed by atoms with Gasteiger partial charge in [0.25, 0.3) is 0 Å². The van der Waals surface area contributed by atoms with Crippen LogP contribution in [0.5, 0.6) is 0 Å². The van der Waals surface area contributed by atoms with Gasteiger partial charge in [0.05, 0.1) is 17.9 Å². The Bertz CT molecular complexity index is 1020. The molecule has 0 amide bonds. The van der Waals surface area contributed by atoms with E-state index in [1.807, 2.05) is 37.3 Å². The largest absolute Gasteiger partial charge is 0.462 e. The van der Waals surface area contributed by atoms with Crippen LogP contribution in [-0.4, -0.2) is 29.1 Å². The molecule has 1 aromatic heterocycles. The number of anilines is 4. The lowest BCUT2D eigenvalue weighted by atomic mass is 10.2. The molecular formula is C22H22N4O2. The number of hydrogen-bond donors (Lipinski definition) is 1. The van der Waals surface area contributed by atoms with Crippen molar-refractivity contribution in [1.82, 2.24) is 9.97 Å². The van der Waals surface area contributed by atoms with Crippen LogP contribution in [0.25, 0.3) is 0 Å². The molecule has 3 aromatic rings. The minimum absolute atomic E-state index is 0.332. The molecule has 0 radical (unpaired) electrons. The molecule has 28 heavy (non-hydrogen) atoms. The van der Waals surface area contributed by atoms with Gasteiger partial charge in [0.15, 0.2) is 0 Å². The Morgan fingerprint density at radius 2 is 1.93 bits per heavy atom. The standard InChI is InChI=1S/C22H22N4O2/c1-3-28-21(27)17-9-5-6-10-18(17)24-20-14-15(2)23-22(25-20)26-13-12-16-8-4-7-11-19(16)26/h4-11,14H,3,12-13H2,1-2H3,(H,23,24,25). The lowest BCUT2D eigenvalue weighted by Crippen LogP contribution is -2.17. The molecule has 0 spiro atoms. The highest BCUT2D eigenvalue weighted by molar-refractivity contribution is 5.96. The fraction of sp³-hybridized carbons (Fsp3) is 0.227. The van der Waals surface area contributed by atoms with E-state index in [0.29, 0.717) is 29.6 Å². The maximum Gasteiger partial charge on any atom is 0.340 e. The van der Waals surface area contributed by atoms with E-state index in [4.69, 9.17) is 9.72 Å². The molecule has 0 unspecified atom stereocenters. The monoisotopic (exact) mass is 374 g/mol. The number of carbonyl (C=O) groups is 1. The van der Waals surface area contributed by atoms with Gasteiger partial charge in [-0.2, -0.15) is 4.98 Å². The smallest absolute Gasteiger partial charge is 0.340 e. The summed E-state index contributed by atoms with van der Waals surface area (Å²) in [4.78, 5) is 23.7. The van der Waals surface area contributed by atoms with Crippen molar-refractivity contribution < 1.29 is 9.53 Å². The van der Waals surface area contributed by atoms with Crippen molar-refractivity contribution in [3.63, 3.8) is 0 Å². The SMILES string of the molecule is CCOC(=O)c1ccccc1Nc1cc(C)nc(N2CCc3ccccc32)n1. The molecule has 0 saturated carbocycles. The molecule has 0 fully saturated rings. The first-order valence-electron chi connectivity index (χ1n) is 9.40. The van der Waals surface area contributed by atoms with Gasteiger partial charge in [-0.25, -0.2) is 9.78 Å². The number of fused-ring (bicyclic) bond motifs is 1. The van der Waals surface area contributed by atoms with Crippen molar-refractivity contribution >= 4 is 29.1 Å². The fourth-order valence-corrected chi connectivity index (χ4v) is 3.40. The van der Waals surface area contributed by atoms with Crippen LogP contribution < -0.4 is 10.2 Å². The van der Waals surface area contributed by atoms with Gasteiger partial charge < -0.3 is 15.0 Å². The van der Waals surface area contributed by atoms with Crippen LogP contribution in [0.4, 0.5) is 23.1 Å². The van der Waals surface area contributed by atoms with E-state index >= 15 is 0 Å². The van der Waals surface area contributed by atoms with Gasteiger partial charge in [-0.05, 0) is 44.0 Å². The molecule has 142 valence electrons. The number of benzene rings is 2. The summed E-state index contributed by atoms with van der Waals surface area (Å²) in [5.41, 5.74) is 4.44. The Kier molecular flexibility index (Phi) is 4.93. The summed E-state index contributed by atoms with van der Waals surface area (Å²) >= 11 is 0. The van der Waals surface area contributed by atoms with E-state index in [1.165, 1.54) is 5.56 Å². The summed E-state index contributed by atoms with van der Waals surface area (Å²) in [7, 11) is 0. The Morgan fingerprint density at radius 3 is 2.79 bits per heavy atom. The third-order valence-electron chi connectivity index (χ3n) is 4.66. The second-order valence-electron chi connectivity index (χ2n) is 6.62. The van der Waals surface area contributed by atoms with E-state index in [9.17, 15) is 4.79 Å². The quantitative estimate of drug-likeness (QED) is 0.668. The average molecular weight is 374 g/mol. The highest BCUT2D eigenvalue weighted by atomic mass is 16.5. The number of ether oxygens (including phenoxy) is 1. The van der Waals surface area contributed by atoms with E-state index in [0.717, 1.165) is 24.3 Å². The number of carbonyl (C=O) groups excluding carboxylic acids is 1. The number of rotatable bonds is 5. The predicted molar refractivity (Wildman–Crippen MR) is 110 cm³/mol. The molecule has 0 aliphatic carbocycles. The van der Waals surface area contributed by atoms with Crippen LogP contribution in [0, 0.1) is 6.92 Å². The van der Waals surface area contributed by atoms with E-state index in [-0.39, 0.29) is 5.97 Å². The molecule has 1 N–H and O–H groups in total. The van der Waals surface area contributed by atoms with Crippen LogP contribution in [0.2, 0.25) is 0 Å². The Balaban J connectivity index is 1.66. The predicted octanol–water partition coefficient (Wildman–Crippen LogP) is 4.40. The number of aryl methyl sites for hydroxylation is 1. The molecule has 1 aliphatic heterocycles. The van der Waals surface area contributed by atoms with Crippen molar-refractivity contribution in [2.45, 2.75) is 20.3 Å². The minimum atomic E-state index is -0.356. The van der Waals surface area contributed by atoms with Gasteiger partial charge in [-0.1, -0.05) is 30.3 Å². The second kappa shape index (κ2) is 7.68. The fourth-order valence-electron chi connectivity index (χ4n) is 3.40. The van der Waals surface area contributed by atoms with E-state index < -0.39 is 0 Å². The van der Waals surface area contributed by atoms with Gasteiger partial charge in [0, 0.05) is 24.0 Å². The lowest BCUT2D eigenvalue weighted by Gasteiger charge is -2.19. The zero-order valence-corrected chi connectivity index (χ0v) is 16.0. The first-order chi connectivity index (χ1) is 13.7. The number of nitrogens with zero attached hydrogens (tertiary/aromatic N) is 3. The second-order valence-corrected chi connectivity index (χ2v) is 6.62. The summed E-state index contributed by atoms with van der Waals surface area (Å²) < 4.78 is 5.15. The number of para-hydroxylation sites is 2. The lowest BCUT2D eigenvalue weighted by molar-refractivity contribution is 0.0527. The summed E-state index contributed by atoms with van der Waals surface area (Å²) in [5.74, 6) is 0.940. The van der Waals surface area contributed by atoms with Gasteiger partial charge >= 0.3 is 5.97 Å². The number of aromatic nitrogens is 2. The normalized spacial score (nSPS) is 12.6. The van der Waals surface area contributed by atoms with Crippen LogP contribution in [0.1, 0.15) is 28.5 Å². The molecule has 2 aromatic carbocycles. The van der Waals surface area contributed by atoms with E-state index in [1.54, 1.807) is 13.0 Å². The van der Waals surface area contributed by atoms with Crippen molar-refractivity contribution in [2.75, 3.05) is 23.4 Å². The van der Waals surface area contributed by atoms with Crippen molar-refractivity contribution in [3.8, 4) is 0 Å². The summed E-state index contributed by atoms with van der Waals surface area (Å²) in [5, 5.41) is 3.26. The zero-order valence-electron chi connectivity index (χ0n) is 16.0. The van der Waals surface area contributed by atoms with Crippen LogP contribution in [0.15, 0.2) is 54.6 Å². The van der Waals surface area contributed by atoms with Crippen LogP contribution >= 0.6 is 0 Å². The van der Waals surface area contributed by atoms with Crippen LogP contribution in [-0.2, 0) is 11.2 Å². The van der Waals surface area contributed by atoms with Gasteiger partial charge in [-0.15, -0.1) is 0 Å². The molecule has 1 aliphatic rings. The molecule has 0 atom stereocenters. The summed E-state index contributed by atoms with van der Waals surface area (Å²) in [6, 6.07) is 17.5. The summed E-state index contributed by atoms with van der Waals surface area (Å²) in [6.45, 7) is 4.91. The number of esters is 1. The van der Waals surface area contributed by atoms with Crippen molar-refractivity contribution in [1.29, 1.82) is 0 Å². The molecule has 2 heterocycles. The Morgan fingerprint density at radius 1 is 1.14 bits per heavy atom. The average Bonchev–Trinajstić information content (AvgIpc) is 3.12.